The Balaban J connectivity index is 1.98. The fraction of sp³-hybridized carbons (Fsp3) is 0.462. The molecule has 0 aromatic heterocycles. The monoisotopic (exact) mass is 358 g/mol. The van der Waals surface area contributed by atoms with Gasteiger partial charge in [-0.25, -0.2) is 0 Å². The fourth-order valence-corrected chi connectivity index (χ4v) is 3.68. The van der Waals surface area contributed by atoms with Crippen molar-refractivity contribution in [1.29, 1.82) is 0 Å². The minimum Gasteiger partial charge on any atom is -0.352 e. The van der Waals surface area contributed by atoms with Crippen molar-refractivity contribution in [3.63, 3.8) is 0 Å². The molecule has 1 fully saturated rings. The Kier molecular flexibility index (Phi) is 5.42. The molecule has 0 aliphatic carbocycles. The Morgan fingerprint density at radius 3 is 2.80 bits per heavy atom. The largest absolute Gasteiger partial charge is 0.352 e. The van der Waals surface area contributed by atoms with Gasteiger partial charge in [0.05, 0.1) is 9.40 Å². The maximum Gasteiger partial charge on any atom is 0.284 e. The van der Waals surface area contributed by atoms with Crippen molar-refractivity contribution in [2.24, 2.45) is 5.92 Å². The van der Waals surface area contributed by atoms with E-state index in [1.807, 2.05) is 11.8 Å². The highest BCUT2D eigenvalue weighted by atomic mass is 79.9. The molecule has 1 aromatic carbocycles. The zero-order chi connectivity index (χ0) is 14.5. The van der Waals surface area contributed by atoms with Gasteiger partial charge in [-0.1, -0.05) is 0 Å². The molecular formula is C13H15BrN2O3S. The van der Waals surface area contributed by atoms with Crippen LogP contribution < -0.4 is 5.32 Å². The summed E-state index contributed by atoms with van der Waals surface area (Å²) in [5, 5.41) is 13.7. The van der Waals surface area contributed by atoms with E-state index in [0.29, 0.717) is 22.5 Å². The SMILES string of the molecule is O=C(NCC1CCSCC1)c1ccc(Br)c([N+](=O)[O-])c1. The lowest BCUT2D eigenvalue weighted by Gasteiger charge is -2.21. The number of hydrogen-bond acceptors (Lipinski definition) is 4. The van der Waals surface area contributed by atoms with Crippen molar-refractivity contribution >= 4 is 39.3 Å². The lowest BCUT2D eigenvalue weighted by molar-refractivity contribution is -0.385. The van der Waals surface area contributed by atoms with Crippen LogP contribution in [-0.2, 0) is 0 Å². The fourth-order valence-electron chi connectivity index (χ4n) is 2.08. The molecule has 1 heterocycles. The molecule has 20 heavy (non-hydrogen) atoms. The third kappa shape index (κ3) is 3.96. The van der Waals surface area contributed by atoms with Crippen molar-refractivity contribution in [2.45, 2.75) is 12.8 Å². The first kappa shape index (κ1) is 15.3. The smallest absolute Gasteiger partial charge is 0.284 e. The van der Waals surface area contributed by atoms with Crippen molar-refractivity contribution in [2.75, 3.05) is 18.1 Å². The molecule has 7 heteroatoms. The average molecular weight is 359 g/mol. The van der Waals surface area contributed by atoms with E-state index in [2.05, 4.69) is 21.2 Å². The van der Waals surface area contributed by atoms with Gasteiger partial charge in [0.1, 0.15) is 0 Å². The van der Waals surface area contributed by atoms with E-state index in [9.17, 15) is 14.9 Å². The van der Waals surface area contributed by atoms with Crippen LogP contribution in [0.15, 0.2) is 22.7 Å². The van der Waals surface area contributed by atoms with Gasteiger partial charge in [0.15, 0.2) is 0 Å². The Morgan fingerprint density at radius 1 is 1.45 bits per heavy atom. The maximum atomic E-state index is 12.0. The molecule has 2 rings (SSSR count). The Hall–Kier alpha value is -1.08. The lowest BCUT2D eigenvalue weighted by Crippen LogP contribution is -2.31. The summed E-state index contributed by atoms with van der Waals surface area (Å²) in [5.41, 5.74) is 0.233. The second kappa shape index (κ2) is 7.08. The molecule has 0 bridgehead atoms. The Labute approximate surface area is 129 Å². The van der Waals surface area contributed by atoms with Crippen molar-refractivity contribution < 1.29 is 9.72 Å². The van der Waals surface area contributed by atoms with Crippen LogP contribution in [0.4, 0.5) is 5.69 Å². The predicted octanol–water partition coefficient (Wildman–Crippen LogP) is 3.23. The average Bonchev–Trinajstić information content (AvgIpc) is 2.46. The third-order valence-electron chi connectivity index (χ3n) is 3.30. The molecule has 108 valence electrons. The number of carbonyl (C=O) groups excluding carboxylic acids is 1. The summed E-state index contributed by atoms with van der Waals surface area (Å²) in [6.07, 6.45) is 2.23. The normalized spacial score (nSPS) is 15.8. The second-order valence-corrected chi connectivity index (χ2v) is 6.77. The van der Waals surface area contributed by atoms with Gasteiger partial charge >= 0.3 is 0 Å². The van der Waals surface area contributed by atoms with Gasteiger partial charge in [-0.2, -0.15) is 11.8 Å². The lowest BCUT2D eigenvalue weighted by atomic mass is 10.0. The molecule has 0 saturated carbocycles. The van der Waals surface area contributed by atoms with Gasteiger partial charge in [-0.05, 0) is 58.3 Å². The van der Waals surface area contributed by atoms with E-state index >= 15 is 0 Å². The standard InChI is InChI=1S/C13H15BrN2O3S/c14-11-2-1-10(7-12(11)16(18)19)13(17)15-8-9-3-5-20-6-4-9/h1-2,7,9H,3-6,8H2,(H,15,17). The van der Waals surface area contributed by atoms with Gasteiger partial charge in [0.25, 0.3) is 11.6 Å². The molecule has 0 spiro atoms. The number of nitro benzene ring substituents is 1. The predicted molar refractivity (Wildman–Crippen MR) is 83.2 cm³/mol. The first-order chi connectivity index (χ1) is 9.58. The number of rotatable bonds is 4. The number of nitrogens with one attached hydrogen (secondary N) is 1. The summed E-state index contributed by atoms with van der Waals surface area (Å²) in [5.74, 6) is 2.55. The van der Waals surface area contributed by atoms with Gasteiger partial charge < -0.3 is 5.32 Å². The molecule has 1 aromatic rings. The quantitative estimate of drug-likeness (QED) is 0.662. The van der Waals surface area contributed by atoms with E-state index in [-0.39, 0.29) is 11.6 Å². The number of hydrogen-bond donors (Lipinski definition) is 1. The highest BCUT2D eigenvalue weighted by molar-refractivity contribution is 9.10. The molecule has 1 N–H and O–H groups in total. The number of benzene rings is 1. The van der Waals surface area contributed by atoms with Crippen LogP contribution in [0.2, 0.25) is 0 Å². The van der Waals surface area contributed by atoms with Crippen LogP contribution >= 0.6 is 27.7 Å². The van der Waals surface area contributed by atoms with Crippen LogP contribution in [0.5, 0.6) is 0 Å². The van der Waals surface area contributed by atoms with Crippen molar-refractivity contribution in [3.05, 3.63) is 38.3 Å². The van der Waals surface area contributed by atoms with Crippen LogP contribution in [0.25, 0.3) is 0 Å². The third-order valence-corrected chi connectivity index (χ3v) is 5.02. The van der Waals surface area contributed by atoms with E-state index in [0.717, 1.165) is 24.3 Å². The number of thioether (sulfide) groups is 1. The van der Waals surface area contributed by atoms with Gasteiger partial charge in [0.2, 0.25) is 0 Å². The van der Waals surface area contributed by atoms with Crippen LogP contribution in [0.3, 0.4) is 0 Å². The topological polar surface area (TPSA) is 72.2 Å². The number of amides is 1. The number of carbonyl (C=O) groups is 1. The minimum absolute atomic E-state index is 0.0910. The van der Waals surface area contributed by atoms with E-state index in [1.54, 1.807) is 6.07 Å². The van der Waals surface area contributed by atoms with Crippen LogP contribution in [0.1, 0.15) is 23.2 Å². The molecular weight excluding hydrogens is 344 g/mol. The Morgan fingerprint density at radius 2 is 2.15 bits per heavy atom. The molecule has 1 aliphatic heterocycles. The summed E-state index contributed by atoms with van der Waals surface area (Å²) >= 11 is 5.05. The molecule has 1 saturated heterocycles. The first-order valence-electron chi connectivity index (χ1n) is 6.38. The summed E-state index contributed by atoms with van der Waals surface area (Å²) in [7, 11) is 0. The van der Waals surface area contributed by atoms with Gasteiger partial charge in [0, 0.05) is 18.2 Å². The molecule has 0 radical (unpaired) electrons. The van der Waals surface area contributed by atoms with Crippen LogP contribution in [0, 0.1) is 16.0 Å². The number of halogens is 1. The highest BCUT2D eigenvalue weighted by Gasteiger charge is 2.18. The maximum absolute atomic E-state index is 12.0. The molecule has 0 atom stereocenters. The second-order valence-electron chi connectivity index (χ2n) is 4.69. The molecule has 0 unspecified atom stereocenters. The molecule has 5 nitrogen and oxygen atoms in total. The Bertz CT molecular complexity index is 518. The minimum atomic E-state index is -0.501. The number of nitro groups is 1. The summed E-state index contributed by atoms with van der Waals surface area (Å²) in [6.45, 7) is 0.642. The van der Waals surface area contributed by atoms with Gasteiger partial charge in [-0.15, -0.1) is 0 Å². The van der Waals surface area contributed by atoms with E-state index < -0.39 is 4.92 Å². The van der Waals surface area contributed by atoms with E-state index in [1.165, 1.54) is 12.1 Å². The van der Waals surface area contributed by atoms with E-state index in [4.69, 9.17) is 0 Å². The number of nitrogens with zero attached hydrogens (tertiary/aromatic N) is 1. The first-order valence-corrected chi connectivity index (χ1v) is 8.32. The zero-order valence-corrected chi connectivity index (χ0v) is 13.2. The van der Waals surface area contributed by atoms with Crippen molar-refractivity contribution in [3.8, 4) is 0 Å². The van der Waals surface area contributed by atoms with Crippen LogP contribution in [-0.4, -0.2) is 28.9 Å². The summed E-state index contributed by atoms with van der Waals surface area (Å²) < 4.78 is 0.378. The molecule has 1 amide bonds. The molecule has 1 aliphatic rings. The zero-order valence-electron chi connectivity index (χ0n) is 10.8. The summed E-state index contributed by atoms with van der Waals surface area (Å²) in [4.78, 5) is 22.4. The van der Waals surface area contributed by atoms with Gasteiger partial charge in [-0.3, -0.25) is 14.9 Å². The highest BCUT2D eigenvalue weighted by Crippen LogP contribution is 2.26. The van der Waals surface area contributed by atoms with Crippen molar-refractivity contribution in [1.82, 2.24) is 5.32 Å². The summed E-state index contributed by atoms with van der Waals surface area (Å²) in [6, 6.07) is 4.42.